The van der Waals surface area contributed by atoms with Crippen molar-refractivity contribution in [2.24, 2.45) is 0 Å². The third-order valence-corrected chi connectivity index (χ3v) is 2.84. The van der Waals surface area contributed by atoms with Crippen molar-refractivity contribution in [3.63, 3.8) is 0 Å². The first kappa shape index (κ1) is 12.1. The van der Waals surface area contributed by atoms with Crippen molar-refractivity contribution < 1.29 is 0 Å². The number of benzene rings is 2. The van der Waals surface area contributed by atoms with Crippen LogP contribution in [0.4, 0.5) is 5.69 Å². The van der Waals surface area contributed by atoms with Gasteiger partial charge in [0.15, 0.2) is 5.69 Å². The summed E-state index contributed by atoms with van der Waals surface area (Å²) in [6, 6.07) is 14.3. The normalized spacial score (nSPS) is 10.5. The van der Waals surface area contributed by atoms with E-state index in [1.807, 2.05) is 37.3 Å². The van der Waals surface area contributed by atoms with E-state index in [0.717, 1.165) is 16.7 Å². The third kappa shape index (κ3) is 2.87. The summed E-state index contributed by atoms with van der Waals surface area (Å²) in [7, 11) is 0. The molecule has 0 aliphatic heterocycles. The van der Waals surface area contributed by atoms with Crippen molar-refractivity contribution in [1.29, 1.82) is 0 Å². The van der Waals surface area contributed by atoms with Gasteiger partial charge in [-0.15, -0.1) is 0 Å². The van der Waals surface area contributed by atoms with Crippen LogP contribution >= 0.6 is 0 Å². The van der Waals surface area contributed by atoms with Crippen LogP contribution in [-0.2, 0) is 0 Å². The average Bonchev–Trinajstić information content (AvgIpc) is 2.39. The van der Waals surface area contributed by atoms with Gasteiger partial charge in [0, 0.05) is 0 Å². The Morgan fingerprint density at radius 3 is 2.22 bits per heavy atom. The Labute approximate surface area is 108 Å². The molecular formula is C17H15N. The molecule has 0 unspecified atom stereocenters. The zero-order chi connectivity index (χ0) is 13.0. The number of hydrogen-bond donors (Lipinski definition) is 0. The minimum absolute atomic E-state index is 0.707. The van der Waals surface area contributed by atoms with Crippen LogP contribution in [-0.4, -0.2) is 0 Å². The Bertz CT molecular complexity index is 613. The molecule has 0 spiro atoms. The molecule has 0 radical (unpaired) electrons. The summed E-state index contributed by atoms with van der Waals surface area (Å²) in [6.07, 6.45) is 4.04. The van der Waals surface area contributed by atoms with Gasteiger partial charge in [0.05, 0.1) is 6.57 Å². The van der Waals surface area contributed by atoms with Crippen molar-refractivity contribution >= 4 is 17.8 Å². The van der Waals surface area contributed by atoms with E-state index in [2.05, 4.69) is 36.0 Å². The minimum atomic E-state index is 0.707. The Morgan fingerprint density at radius 1 is 0.889 bits per heavy atom. The first-order valence-electron chi connectivity index (χ1n) is 5.92. The molecule has 0 saturated carbocycles. The predicted octanol–water partition coefficient (Wildman–Crippen LogP) is 5.02. The second-order valence-corrected chi connectivity index (χ2v) is 4.42. The van der Waals surface area contributed by atoms with Gasteiger partial charge in [-0.05, 0) is 25.0 Å². The standard InChI is InChI=1S/C17H15N/c1-13-4-7-15(8-5-13)9-11-16-10-6-14(2)12-17(16)18-3/h4-12H,1-2H3/b11-9+. The summed E-state index contributed by atoms with van der Waals surface area (Å²) < 4.78 is 0. The average molecular weight is 233 g/mol. The number of hydrogen-bond acceptors (Lipinski definition) is 0. The van der Waals surface area contributed by atoms with E-state index in [1.165, 1.54) is 5.56 Å². The highest BCUT2D eigenvalue weighted by Crippen LogP contribution is 2.23. The molecule has 0 fully saturated rings. The highest BCUT2D eigenvalue weighted by atomic mass is 14.6. The molecule has 0 amide bonds. The molecule has 0 saturated heterocycles. The van der Waals surface area contributed by atoms with E-state index in [-0.39, 0.29) is 0 Å². The summed E-state index contributed by atoms with van der Waals surface area (Å²) in [4.78, 5) is 3.56. The van der Waals surface area contributed by atoms with E-state index < -0.39 is 0 Å². The summed E-state index contributed by atoms with van der Waals surface area (Å²) >= 11 is 0. The van der Waals surface area contributed by atoms with E-state index in [4.69, 9.17) is 6.57 Å². The van der Waals surface area contributed by atoms with Crippen molar-refractivity contribution in [2.45, 2.75) is 13.8 Å². The van der Waals surface area contributed by atoms with E-state index in [1.54, 1.807) is 0 Å². The molecule has 2 rings (SSSR count). The predicted molar refractivity (Wildman–Crippen MR) is 77.5 cm³/mol. The number of rotatable bonds is 2. The third-order valence-electron chi connectivity index (χ3n) is 2.84. The Kier molecular flexibility index (Phi) is 3.60. The lowest BCUT2D eigenvalue weighted by molar-refractivity contribution is 1.46. The Balaban J connectivity index is 2.29. The van der Waals surface area contributed by atoms with Crippen molar-refractivity contribution in [2.75, 3.05) is 0 Å². The smallest absolute Gasteiger partial charge is 0.194 e. The summed E-state index contributed by atoms with van der Waals surface area (Å²) in [5, 5.41) is 0. The van der Waals surface area contributed by atoms with Crippen LogP contribution in [0.15, 0.2) is 42.5 Å². The van der Waals surface area contributed by atoms with Crippen molar-refractivity contribution in [3.05, 3.63) is 76.1 Å². The summed E-state index contributed by atoms with van der Waals surface area (Å²) in [6.45, 7) is 11.3. The molecular weight excluding hydrogens is 218 g/mol. The van der Waals surface area contributed by atoms with Crippen LogP contribution in [0.25, 0.3) is 17.0 Å². The highest BCUT2D eigenvalue weighted by molar-refractivity contribution is 5.77. The molecule has 1 nitrogen and oxygen atoms in total. The molecule has 0 atom stereocenters. The molecule has 18 heavy (non-hydrogen) atoms. The maximum absolute atomic E-state index is 7.18. The highest BCUT2D eigenvalue weighted by Gasteiger charge is 1.98. The van der Waals surface area contributed by atoms with Crippen LogP contribution in [0.1, 0.15) is 22.3 Å². The van der Waals surface area contributed by atoms with Crippen LogP contribution in [0.5, 0.6) is 0 Å². The largest absolute Gasteiger partial charge is 0.238 e. The zero-order valence-electron chi connectivity index (χ0n) is 10.6. The fraction of sp³-hybridized carbons (Fsp3) is 0.118. The first-order valence-corrected chi connectivity index (χ1v) is 5.92. The lowest BCUT2D eigenvalue weighted by atomic mass is 10.1. The zero-order valence-corrected chi connectivity index (χ0v) is 10.6. The minimum Gasteiger partial charge on any atom is -0.238 e. The van der Waals surface area contributed by atoms with Crippen LogP contribution in [0.2, 0.25) is 0 Å². The SMILES string of the molecule is [C-]#[N+]c1cc(C)ccc1/C=C/c1ccc(C)cc1. The monoisotopic (exact) mass is 233 g/mol. The van der Waals surface area contributed by atoms with Gasteiger partial charge < -0.3 is 0 Å². The number of nitrogens with zero attached hydrogens (tertiary/aromatic N) is 1. The topological polar surface area (TPSA) is 4.36 Å². The van der Waals surface area contributed by atoms with Gasteiger partial charge in [-0.1, -0.05) is 65.7 Å². The van der Waals surface area contributed by atoms with E-state index in [9.17, 15) is 0 Å². The van der Waals surface area contributed by atoms with Crippen LogP contribution < -0.4 is 0 Å². The second-order valence-electron chi connectivity index (χ2n) is 4.42. The van der Waals surface area contributed by atoms with Crippen LogP contribution in [0.3, 0.4) is 0 Å². The molecule has 0 N–H and O–H groups in total. The van der Waals surface area contributed by atoms with Gasteiger partial charge in [0.2, 0.25) is 0 Å². The Hall–Kier alpha value is -2.33. The van der Waals surface area contributed by atoms with Gasteiger partial charge in [-0.25, -0.2) is 4.85 Å². The second kappa shape index (κ2) is 5.33. The number of aryl methyl sites for hydroxylation is 2. The summed E-state index contributed by atoms with van der Waals surface area (Å²) in [5.74, 6) is 0. The Morgan fingerprint density at radius 2 is 1.56 bits per heavy atom. The maximum Gasteiger partial charge on any atom is 0.194 e. The van der Waals surface area contributed by atoms with Gasteiger partial charge in [-0.2, -0.15) is 0 Å². The lowest BCUT2D eigenvalue weighted by Gasteiger charge is -2.00. The molecule has 0 aliphatic rings. The molecule has 2 aromatic carbocycles. The van der Waals surface area contributed by atoms with E-state index in [0.29, 0.717) is 5.69 Å². The molecule has 1 heteroatoms. The van der Waals surface area contributed by atoms with Crippen LogP contribution in [0, 0.1) is 20.4 Å². The van der Waals surface area contributed by atoms with Gasteiger partial charge in [0.1, 0.15) is 0 Å². The molecule has 0 bridgehead atoms. The molecule has 0 heterocycles. The summed E-state index contributed by atoms with van der Waals surface area (Å²) in [5.41, 5.74) is 5.20. The quantitative estimate of drug-likeness (QED) is 0.506. The first-order chi connectivity index (χ1) is 8.69. The van der Waals surface area contributed by atoms with Gasteiger partial charge >= 0.3 is 0 Å². The van der Waals surface area contributed by atoms with Crippen molar-refractivity contribution in [3.8, 4) is 0 Å². The fourth-order valence-corrected chi connectivity index (χ4v) is 1.76. The molecule has 0 aliphatic carbocycles. The molecule has 2 aromatic rings. The van der Waals surface area contributed by atoms with E-state index >= 15 is 0 Å². The fourth-order valence-electron chi connectivity index (χ4n) is 1.76. The molecule has 0 aromatic heterocycles. The van der Waals surface area contributed by atoms with Crippen molar-refractivity contribution in [1.82, 2.24) is 0 Å². The van der Waals surface area contributed by atoms with Gasteiger partial charge in [0.25, 0.3) is 0 Å². The lowest BCUT2D eigenvalue weighted by Crippen LogP contribution is -1.77. The van der Waals surface area contributed by atoms with Gasteiger partial charge in [-0.3, -0.25) is 0 Å². The maximum atomic E-state index is 7.18. The molecule has 88 valence electrons.